The maximum absolute atomic E-state index is 12.5. The second-order valence-corrected chi connectivity index (χ2v) is 8.08. The number of rotatable bonds is 7. The highest BCUT2D eigenvalue weighted by Crippen LogP contribution is 2.21. The summed E-state index contributed by atoms with van der Waals surface area (Å²) < 4.78 is 9.10. The fourth-order valence-corrected chi connectivity index (χ4v) is 4.04. The van der Waals surface area contributed by atoms with E-state index in [4.69, 9.17) is 4.74 Å². The molecule has 158 valence electrons. The topological polar surface area (TPSA) is 90.1 Å². The van der Waals surface area contributed by atoms with Crippen molar-refractivity contribution in [3.05, 3.63) is 47.7 Å². The van der Waals surface area contributed by atoms with E-state index in [1.807, 2.05) is 17.7 Å². The lowest BCUT2D eigenvalue weighted by molar-refractivity contribution is -0.113. The number of nitrogens with one attached hydrogen (secondary N) is 1. The highest BCUT2D eigenvalue weighted by molar-refractivity contribution is 7.99. The average Bonchev–Trinajstić information content (AvgIpc) is 3.33. The maximum atomic E-state index is 12.5. The van der Waals surface area contributed by atoms with Gasteiger partial charge in [-0.15, -0.1) is 10.2 Å². The Kier molecular flexibility index (Phi) is 6.34. The predicted octanol–water partition coefficient (Wildman–Crippen LogP) is 1.94. The first-order chi connectivity index (χ1) is 14.6. The molecule has 1 N–H and O–H groups in total. The molecule has 4 rings (SSSR count). The third-order valence-corrected chi connectivity index (χ3v) is 5.86. The molecule has 1 aliphatic heterocycles. The van der Waals surface area contributed by atoms with E-state index in [0.717, 1.165) is 24.6 Å². The van der Waals surface area contributed by atoms with Gasteiger partial charge < -0.3 is 15.0 Å². The van der Waals surface area contributed by atoms with Crippen molar-refractivity contribution in [3.63, 3.8) is 0 Å². The number of morpholine rings is 1. The zero-order valence-corrected chi connectivity index (χ0v) is 17.9. The van der Waals surface area contributed by atoms with Crippen molar-refractivity contribution in [1.82, 2.24) is 24.5 Å². The van der Waals surface area contributed by atoms with Gasteiger partial charge in [0.2, 0.25) is 11.9 Å². The Labute approximate surface area is 179 Å². The number of ether oxygens (including phenoxy) is 1. The van der Waals surface area contributed by atoms with Crippen molar-refractivity contribution in [2.24, 2.45) is 7.05 Å². The lowest BCUT2D eigenvalue weighted by Gasteiger charge is -2.27. The van der Waals surface area contributed by atoms with Gasteiger partial charge in [0.25, 0.3) is 0 Å². The SMILES string of the molecule is Cc1cccc(Cn2nccc2NC(=O)CSc2nnc(N3CCOCC3)n2C)c1. The first-order valence-corrected chi connectivity index (χ1v) is 10.8. The molecule has 30 heavy (non-hydrogen) atoms. The van der Waals surface area contributed by atoms with Crippen molar-refractivity contribution in [2.75, 3.05) is 42.3 Å². The molecule has 0 unspecified atom stereocenters. The molecule has 0 aliphatic carbocycles. The minimum absolute atomic E-state index is 0.109. The van der Waals surface area contributed by atoms with Gasteiger partial charge in [0.05, 0.1) is 31.7 Å². The molecule has 1 amide bonds. The molecule has 1 aromatic carbocycles. The van der Waals surface area contributed by atoms with Crippen molar-refractivity contribution < 1.29 is 9.53 Å². The van der Waals surface area contributed by atoms with Gasteiger partial charge >= 0.3 is 0 Å². The standard InChI is InChI=1S/C20H25N7O2S/c1-15-4-3-5-16(12-15)13-27-17(6-7-21-27)22-18(28)14-30-20-24-23-19(25(20)2)26-8-10-29-11-9-26/h3-7,12H,8-11,13-14H2,1-2H3,(H,22,28). The van der Waals surface area contributed by atoms with Gasteiger partial charge in [-0.25, -0.2) is 4.68 Å². The van der Waals surface area contributed by atoms with Crippen LogP contribution in [0, 0.1) is 6.92 Å². The summed E-state index contributed by atoms with van der Waals surface area (Å²) in [6.45, 7) is 5.62. The molecule has 10 heteroatoms. The first-order valence-electron chi connectivity index (χ1n) is 9.82. The van der Waals surface area contributed by atoms with Crippen molar-refractivity contribution >= 4 is 29.4 Å². The molecular weight excluding hydrogens is 402 g/mol. The van der Waals surface area contributed by atoms with Crippen LogP contribution in [0.1, 0.15) is 11.1 Å². The van der Waals surface area contributed by atoms with Gasteiger partial charge in [-0.05, 0) is 12.5 Å². The Bertz CT molecular complexity index is 1010. The number of hydrogen-bond donors (Lipinski definition) is 1. The van der Waals surface area contributed by atoms with Crippen molar-refractivity contribution in [3.8, 4) is 0 Å². The van der Waals surface area contributed by atoms with Crippen LogP contribution in [0.2, 0.25) is 0 Å². The number of thioether (sulfide) groups is 1. The summed E-state index contributed by atoms with van der Waals surface area (Å²) in [6.07, 6.45) is 1.69. The van der Waals surface area contributed by atoms with Gasteiger partial charge in [0.1, 0.15) is 5.82 Å². The van der Waals surface area contributed by atoms with E-state index in [1.165, 1.54) is 17.3 Å². The van der Waals surface area contributed by atoms with E-state index in [-0.39, 0.29) is 11.7 Å². The molecule has 0 radical (unpaired) electrons. The van der Waals surface area contributed by atoms with Gasteiger partial charge in [-0.2, -0.15) is 5.10 Å². The van der Waals surface area contributed by atoms with Crippen LogP contribution < -0.4 is 10.2 Å². The summed E-state index contributed by atoms with van der Waals surface area (Å²) in [5.41, 5.74) is 2.33. The van der Waals surface area contributed by atoms with Crippen molar-refractivity contribution in [2.45, 2.75) is 18.6 Å². The summed E-state index contributed by atoms with van der Waals surface area (Å²) >= 11 is 1.36. The van der Waals surface area contributed by atoms with Gasteiger partial charge in [-0.3, -0.25) is 9.36 Å². The number of anilines is 2. The number of hydrogen-bond acceptors (Lipinski definition) is 7. The Balaban J connectivity index is 1.34. The predicted molar refractivity (Wildman–Crippen MR) is 116 cm³/mol. The summed E-state index contributed by atoms with van der Waals surface area (Å²) in [5.74, 6) is 1.61. The van der Waals surface area contributed by atoms with E-state index in [1.54, 1.807) is 16.9 Å². The summed E-state index contributed by atoms with van der Waals surface area (Å²) in [5, 5.41) is 16.5. The van der Waals surface area contributed by atoms with Gasteiger partial charge in [0.15, 0.2) is 5.16 Å². The van der Waals surface area contributed by atoms with E-state index in [0.29, 0.717) is 30.7 Å². The second-order valence-electron chi connectivity index (χ2n) is 7.14. The highest BCUT2D eigenvalue weighted by atomic mass is 32.2. The van der Waals surface area contributed by atoms with Crippen LogP contribution in [0.5, 0.6) is 0 Å². The van der Waals surface area contributed by atoms with Gasteiger partial charge in [0, 0.05) is 26.2 Å². The normalized spacial score (nSPS) is 14.1. The Morgan fingerprint density at radius 1 is 1.23 bits per heavy atom. The molecule has 0 bridgehead atoms. The van der Waals surface area contributed by atoms with Crippen LogP contribution in [-0.4, -0.2) is 62.5 Å². The van der Waals surface area contributed by atoms with E-state index < -0.39 is 0 Å². The summed E-state index contributed by atoms with van der Waals surface area (Å²) in [6, 6.07) is 10.1. The third-order valence-electron chi connectivity index (χ3n) is 4.84. The van der Waals surface area contributed by atoms with Gasteiger partial charge in [-0.1, -0.05) is 41.6 Å². The fourth-order valence-electron chi connectivity index (χ4n) is 3.33. The molecule has 0 saturated carbocycles. The molecule has 3 aromatic rings. The fraction of sp³-hybridized carbons (Fsp3) is 0.400. The number of nitrogens with zero attached hydrogens (tertiary/aromatic N) is 6. The largest absolute Gasteiger partial charge is 0.378 e. The van der Waals surface area contributed by atoms with Crippen LogP contribution in [-0.2, 0) is 23.1 Å². The molecule has 3 heterocycles. The number of aromatic nitrogens is 5. The lowest BCUT2D eigenvalue weighted by atomic mass is 10.1. The Morgan fingerprint density at radius 2 is 2.07 bits per heavy atom. The van der Waals surface area contributed by atoms with Crippen LogP contribution in [0.3, 0.4) is 0 Å². The van der Waals surface area contributed by atoms with E-state index in [9.17, 15) is 4.79 Å². The number of carbonyl (C=O) groups excluding carboxylic acids is 1. The average molecular weight is 428 g/mol. The molecular formula is C20H25N7O2S. The van der Waals surface area contributed by atoms with Crippen LogP contribution in [0.15, 0.2) is 41.7 Å². The molecule has 9 nitrogen and oxygen atoms in total. The number of carbonyl (C=O) groups is 1. The maximum Gasteiger partial charge on any atom is 0.235 e. The number of aryl methyl sites for hydroxylation is 1. The zero-order chi connectivity index (χ0) is 20.9. The number of amides is 1. The minimum atomic E-state index is -0.109. The molecule has 1 fully saturated rings. The highest BCUT2D eigenvalue weighted by Gasteiger charge is 2.19. The first kappa shape index (κ1) is 20.4. The molecule has 1 saturated heterocycles. The van der Waals surface area contributed by atoms with Crippen LogP contribution in [0.4, 0.5) is 11.8 Å². The third kappa shape index (κ3) is 4.82. The summed E-state index contributed by atoms with van der Waals surface area (Å²) in [4.78, 5) is 14.6. The molecule has 0 atom stereocenters. The quantitative estimate of drug-likeness (QED) is 0.576. The Hall–Kier alpha value is -2.85. The number of benzene rings is 1. The van der Waals surface area contributed by atoms with Crippen molar-refractivity contribution in [1.29, 1.82) is 0 Å². The lowest BCUT2D eigenvalue weighted by Crippen LogP contribution is -2.37. The van der Waals surface area contributed by atoms with Crippen LogP contribution >= 0.6 is 11.8 Å². The molecule has 1 aliphatic rings. The van der Waals surface area contributed by atoms with E-state index in [2.05, 4.69) is 50.6 Å². The molecule has 0 spiro atoms. The summed E-state index contributed by atoms with van der Waals surface area (Å²) in [7, 11) is 1.92. The zero-order valence-electron chi connectivity index (χ0n) is 17.1. The second kappa shape index (κ2) is 9.31. The minimum Gasteiger partial charge on any atom is -0.378 e. The monoisotopic (exact) mass is 427 g/mol. The Morgan fingerprint density at radius 3 is 2.87 bits per heavy atom. The molecule has 2 aromatic heterocycles. The van der Waals surface area contributed by atoms with Crippen LogP contribution in [0.25, 0.3) is 0 Å². The van der Waals surface area contributed by atoms with E-state index >= 15 is 0 Å². The smallest absolute Gasteiger partial charge is 0.235 e.